The van der Waals surface area contributed by atoms with E-state index in [1.807, 2.05) is 77.6 Å². The first kappa shape index (κ1) is 21.0. The van der Waals surface area contributed by atoms with E-state index in [1.54, 1.807) is 13.2 Å². The monoisotopic (exact) mass is 400 g/mol. The van der Waals surface area contributed by atoms with Crippen LogP contribution in [0, 0.1) is 11.3 Å². The minimum Gasteiger partial charge on any atom is -0.385 e. The third kappa shape index (κ3) is 5.66. The van der Waals surface area contributed by atoms with Crippen molar-refractivity contribution in [3.8, 4) is 17.3 Å². The summed E-state index contributed by atoms with van der Waals surface area (Å²) in [6.45, 7) is 1.60. The van der Waals surface area contributed by atoms with Gasteiger partial charge in [-0.1, -0.05) is 60.7 Å². The van der Waals surface area contributed by atoms with Crippen molar-refractivity contribution < 1.29 is 9.53 Å². The molecule has 0 radical (unpaired) electrons. The fourth-order valence-electron chi connectivity index (χ4n) is 3.03. The topological polar surface area (TPSA) is 79.9 Å². The number of nitriles is 1. The molecule has 0 unspecified atom stereocenters. The second-order valence-electron chi connectivity index (χ2n) is 6.75. The normalized spacial score (nSPS) is 11.1. The predicted octanol–water partition coefficient (Wildman–Crippen LogP) is 3.66. The summed E-state index contributed by atoms with van der Waals surface area (Å²) in [6.07, 6.45) is 4.15. The van der Waals surface area contributed by atoms with Gasteiger partial charge in [0.05, 0.1) is 12.2 Å². The van der Waals surface area contributed by atoms with Gasteiger partial charge < -0.3 is 10.1 Å². The van der Waals surface area contributed by atoms with Gasteiger partial charge in [0.25, 0.3) is 5.91 Å². The Morgan fingerprint density at radius 1 is 1.17 bits per heavy atom. The van der Waals surface area contributed by atoms with Crippen LogP contribution in [0.25, 0.3) is 17.3 Å². The molecule has 0 bridgehead atoms. The first-order valence-electron chi connectivity index (χ1n) is 9.77. The number of nitrogens with one attached hydrogen (secondary N) is 1. The fraction of sp³-hybridized carbons (Fsp3) is 0.208. The summed E-state index contributed by atoms with van der Waals surface area (Å²) in [5.41, 5.74) is 3.54. The number of rotatable bonds is 9. The molecule has 1 heterocycles. The van der Waals surface area contributed by atoms with E-state index in [1.165, 1.54) is 0 Å². The van der Waals surface area contributed by atoms with Gasteiger partial charge in [0, 0.05) is 37.6 Å². The highest BCUT2D eigenvalue weighted by atomic mass is 16.5. The van der Waals surface area contributed by atoms with Crippen molar-refractivity contribution in [1.29, 1.82) is 5.26 Å². The largest absolute Gasteiger partial charge is 0.385 e. The minimum absolute atomic E-state index is 0.0452. The number of hydrogen-bond donors (Lipinski definition) is 1. The Hall–Kier alpha value is -3.69. The number of hydrogen-bond acceptors (Lipinski definition) is 4. The average Bonchev–Trinajstić information content (AvgIpc) is 3.18. The van der Waals surface area contributed by atoms with Crippen molar-refractivity contribution >= 4 is 12.0 Å². The molecule has 0 aliphatic heterocycles. The van der Waals surface area contributed by atoms with Gasteiger partial charge in [-0.3, -0.25) is 9.48 Å². The van der Waals surface area contributed by atoms with Crippen LogP contribution in [0.5, 0.6) is 0 Å². The van der Waals surface area contributed by atoms with Crippen molar-refractivity contribution in [2.45, 2.75) is 13.0 Å². The van der Waals surface area contributed by atoms with Crippen molar-refractivity contribution in [2.24, 2.45) is 0 Å². The number of carbonyl (C=O) groups is 1. The van der Waals surface area contributed by atoms with Crippen LogP contribution in [-0.4, -0.2) is 35.9 Å². The Morgan fingerprint density at radius 3 is 2.53 bits per heavy atom. The predicted molar refractivity (Wildman–Crippen MR) is 116 cm³/mol. The summed E-state index contributed by atoms with van der Waals surface area (Å²) in [6, 6.07) is 21.8. The van der Waals surface area contributed by atoms with Crippen LogP contribution in [-0.2, 0) is 16.1 Å². The van der Waals surface area contributed by atoms with E-state index in [4.69, 9.17) is 9.84 Å². The van der Waals surface area contributed by atoms with Crippen LogP contribution >= 0.6 is 0 Å². The maximum absolute atomic E-state index is 12.4. The molecule has 1 amide bonds. The van der Waals surface area contributed by atoms with Gasteiger partial charge in [-0.15, -0.1) is 0 Å². The van der Waals surface area contributed by atoms with Crippen LogP contribution < -0.4 is 5.32 Å². The lowest BCUT2D eigenvalue weighted by atomic mass is 10.1. The fourth-order valence-corrected chi connectivity index (χ4v) is 3.03. The van der Waals surface area contributed by atoms with E-state index in [-0.39, 0.29) is 5.57 Å². The molecule has 152 valence electrons. The quantitative estimate of drug-likeness (QED) is 0.338. The van der Waals surface area contributed by atoms with Gasteiger partial charge in [-0.05, 0) is 18.1 Å². The van der Waals surface area contributed by atoms with Crippen LogP contribution in [0.15, 0.2) is 72.4 Å². The van der Waals surface area contributed by atoms with Gasteiger partial charge in [0.15, 0.2) is 0 Å². The lowest BCUT2D eigenvalue weighted by molar-refractivity contribution is -0.117. The van der Waals surface area contributed by atoms with Gasteiger partial charge in [-0.25, -0.2) is 0 Å². The first-order chi connectivity index (χ1) is 14.7. The van der Waals surface area contributed by atoms with Crippen molar-refractivity contribution in [1.82, 2.24) is 15.1 Å². The zero-order valence-corrected chi connectivity index (χ0v) is 16.9. The van der Waals surface area contributed by atoms with Crippen LogP contribution in [0.4, 0.5) is 0 Å². The number of nitrogens with zero attached hydrogens (tertiary/aromatic N) is 3. The molecule has 6 nitrogen and oxygen atoms in total. The van der Waals surface area contributed by atoms with Gasteiger partial charge in [-0.2, -0.15) is 10.4 Å². The Labute approximate surface area is 176 Å². The van der Waals surface area contributed by atoms with Crippen LogP contribution in [0.2, 0.25) is 0 Å². The first-order valence-corrected chi connectivity index (χ1v) is 9.77. The molecule has 3 aromatic rings. The maximum Gasteiger partial charge on any atom is 0.261 e. The SMILES string of the molecule is COCCCNC(=O)/C(C#N)=C\c1cn(Cc2ccccc2)nc1-c1ccccc1. The van der Waals surface area contributed by atoms with Gasteiger partial charge >= 0.3 is 0 Å². The molecular formula is C24H24N4O2. The lowest BCUT2D eigenvalue weighted by Gasteiger charge is -2.04. The van der Waals surface area contributed by atoms with E-state index in [0.29, 0.717) is 26.1 Å². The molecular weight excluding hydrogens is 376 g/mol. The summed E-state index contributed by atoms with van der Waals surface area (Å²) in [5.74, 6) is -0.400. The molecule has 0 atom stereocenters. The van der Waals surface area contributed by atoms with E-state index < -0.39 is 5.91 Å². The highest BCUT2D eigenvalue weighted by molar-refractivity contribution is 6.02. The van der Waals surface area contributed by atoms with E-state index in [9.17, 15) is 10.1 Å². The van der Waals surface area contributed by atoms with Crippen molar-refractivity contribution in [2.75, 3.05) is 20.3 Å². The second kappa shape index (κ2) is 10.7. The molecule has 0 saturated heterocycles. The molecule has 0 spiro atoms. The highest BCUT2D eigenvalue weighted by Gasteiger charge is 2.14. The lowest BCUT2D eigenvalue weighted by Crippen LogP contribution is -2.26. The second-order valence-corrected chi connectivity index (χ2v) is 6.75. The Bertz CT molecular complexity index is 1030. The number of aromatic nitrogens is 2. The van der Waals surface area contributed by atoms with E-state index >= 15 is 0 Å². The maximum atomic E-state index is 12.4. The number of benzene rings is 2. The Kier molecular flexibility index (Phi) is 7.53. The summed E-state index contributed by atoms with van der Waals surface area (Å²) in [7, 11) is 1.61. The smallest absolute Gasteiger partial charge is 0.261 e. The summed E-state index contributed by atoms with van der Waals surface area (Å²) in [5, 5.41) is 17.0. The highest BCUT2D eigenvalue weighted by Crippen LogP contribution is 2.24. The Balaban J connectivity index is 1.90. The minimum atomic E-state index is -0.400. The molecule has 0 saturated carbocycles. The summed E-state index contributed by atoms with van der Waals surface area (Å²) >= 11 is 0. The third-order valence-electron chi connectivity index (χ3n) is 4.50. The molecule has 0 aliphatic carbocycles. The van der Waals surface area contributed by atoms with Crippen LogP contribution in [0.3, 0.4) is 0 Å². The Morgan fingerprint density at radius 2 is 1.87 bits per heavy atom. The van der Waals surface area contributed by atoms with Gasteiger partial charge in [0.1, 0.15) is 11.6 Å². The zero-order chi connectivity index (χ0) is 21.2. The van der Waals surface area contributed by atoms with E-state index in [2.05, 4.69) is 5.32 Å². The average molecular weight is 400 g/mol. The standard InChI is InChI=1S/C24H24N4O2/c1-30-14-8-13-26-24(29)21(16-25)15-22-18-28(17-19-9-4-2-5-10-19)27-23(22)20-11-6-3-7-12-20/h2-7,9-12,15,18H,8,13-14,17H2,1H3,(H,26,29)/b21-15-. The number of ether oxygens (including phenoxy) is 1. The molecule has 1 N–H and O–H groups in total. The molecule has 6 heteroatoms. The third-order valence-corrected chi connectivity index (χ3v) is 4.50. The molecule has 0 aliphatic rings. The number of methoxy groups -OCH3 is 1. The van der Waals surface area contributed by atoms with E-state index in [0.717, 1.165) is 22.4 Å². The van der Waals surface area contributed by atoms with Crippen molar-refractivity contribution in [3.63, 3.8) is 0 Å². The zero-order valence-electron chi connectivity index (χ0n) is 16.9. The van der Waals surface area contributed by atoms with Crippen molar-refractivity contribution in [3.05, 3.63) is 83.6 Å². The van der Waals surface area contributed by atoms with Crippen LogP contribution in [0.1, 0.15) is 17.5 Å². The molecule has 1 aromatic heterocycles. The molecule has 30 heavy (non-hydrogen) atoms. The number of amides is 1. The molecule has 3 rings (SSSR count). The van der Waals surface area contributed by atoms with Gasteiger partial charge in [0.2, 0.25) is 0 Å². The molecule has 0 fully saturated rings. The summed E-state index contributed by atoms with van der Waals surface area (Å²) in [4.78, 5) is 12.4. The number of carbonyl (C=O) groups excluding carboxylic acids is 1. The molecule has 2 aromatic carbocycles. The summed E-state index contributed by atoms with van der Waals surface area (Å²) < 4.78 is 6.81.